The van der Waals surface area contributed by atoms with Crippen LogP contribution in [-0.2, 0) is 4.74 Å². The first-order chi connectivity index (χ1) is 9.51. The molecule has 1 unspecified atom stereocenters. The fourth-order valence-electron chi connectivity index (χ4n) is 1.66. The molecule has 0 aliphatic carbocycles. The van der Waals surface area contributed by atoms with Gasteiger partial charge in [0, 0.05) is 7.05 Å². The molecule has 1 amide bonds. The van der Waals surface area contributed by atoms with E-state index in [9.17, 15) is 9.59 Å². The van der Waals surface area contributed by atoms with Crippen molar-refractivity contribution in [2.75, 3.05) is 20.3 Å². The molecule has 0 aliphatic rings. The number of hydrogen-bond donors (Lipinski definition) is 0. The second-order valence-electron chi connectivity index (χ2n) is 4.57. The van der Waals surface area contributed by atoms with Gasteiger partial charge in [0.25, 0.3) is 0 Å². The Labute approximate surface area is 119 Å². The molecule has 0 fully saturated rings. The van der Waals surface area contributed by atoms with E-state index in [2.05, 4.69) is 0 Å². The zero-order chi connectivity index (χ0) is 15.1. The van der Waals surface area contributed by atoms with E-state index in [-0.39, 0.29) is 12.1 Å². The highest BCUT2D eigenvalue weighted by Crippen LogP contribution is 2.20. The van der Waals surface area contributed by atoms with Crippen LogP contribution in [0.4, 0.5) is 4.79 Å². The maximum atomic E-state index is 11.6. The zero-order valence-corrected chi connectivity index (χ0v) is 12.4. The number of hydrogen-bond acceptors (Lipinski definition) is 4. The smallest absolute Gasteiger partial charge is 0.409 e. The fourth-order valence-corrected chi connectivity index (χ4v) is 1.66. The summed E-state index contributed by atoms with van der Waals surface area (Å²) in [6, 6.07) is 5.27. The van der Waals surface area contributed by atoms with Gasteiger partial charge in [-0.05, 0) is 32.4 Å². The lowest BCUT2D eigenvalue weighted by atomic mass is 10.1. The van der Waals surface area contributed by atoms with Gasteiger partial charge in [-0.15, -0.1) is 0 Å². The van der Waals surface area contributed by atoms with Crippen LogP contribution in [0.3, 0.4) is 0 Å². The number of nitrogens with zero attached hydrogens (tertiary/aromatic N) is 1. The van der Waals surface area contributed by atoms with Gasteiger partial charge in [0.15, 0.2) is 6.29 Å². The van der Waals surface area contributed by atoms with Crippen LogP contribution in [-0.4, -0.2) is 43.6 Å². The van der Waals surface area contributed by atoms with Gasteiger partial charge < -0.3 is 14.4 Å². The van der Waals surface area contributed by atoms with Crippen LogP contribution in [0.15, 0.2) is 18.2 Å². The highest BCUT2D eigenvalue weighted by molar-refractivity contribution is 5.81. The monoisotopic (exact) mass is 279 g/mol. The molecule has 5 nitrogen and oxygen atoms in total. The third-order valence-corrected chi connectivity index (χ3v) is 3.10. The third-order valence-electron chi connectivity index (χ3n) is 3.10. The molecule has 0 saturated carbocycles. The van der Waals surface area contributed by atoms with E-state index in [4.69, 9.17) is 9.47 Å². The van der Waals surface area contributed by atoms with E-state index in [1.54, 1.807) is 20.0 Å². The van der Waals surface area contributed by atoms with Crippen molar-refractivity contribution in [3.8, 4) is 5.75 Å². The molecule has 0 radical (unpaired) electrons. The summed E-state index contributed by atoms with van der Waals surface area (Å²) in [4.78, 5) is 24.1. The highest BCUT2D eigenvalue weighted by Gasteiger charge is 2.17. The normalized spacial score (nSPS) is 11.6. The molecular formula is C15H21NO4. The second kappa shape index (κ2) is 7.53. The summed E-state index contributed by atoms with van der Waals surface area (Å²) in [6.45, 7) is 6.09. The summed E-state index contributed by atoms with van der Waals surface area (Å²) in [6.07, 6.45) is 0.396. The minimum Gasteiger partial charge on any atom is -0.491 e. The van der Waals surface area contributed by atoms with Gasteiger partial charge in [-0.25, -0.2) is 4.79 Å². The molecule has 5 heteroatoms. The molecule has 1 atom stereocenters. The second-order valence-corrected chi connectivity index (χ2v) is 4.57. The topological polar surface area (TPSA) is 55.8 Å². The van der Waals surface area contributed by atoms with Crippen molar-refractivity contribution < 1.29 is 19.1 Å². The zero-order valence-electron chi connectivity index (χ0n) is 12.4. The summed E-state index contributed by atoms with van der Waals surface area (Å²) < 4.78 is 10.6. The van der Waals surface area contributed by atoms with Crippen LogP contribution in [0.25, 0.3) is 0 Å². The van der Waals surface area contributed by atoms with Gasteiger partial charge in [-0.3, -0.25) is 4.79 Å². The Kier molecular flexibility index (Phi) is 6.03. The molecule has 1 rings (SSSR count). The molecule has 0 spiro atoms. The predicted octanol–water partition coefficient (Wildman–Crippen LogP) is 2.66. The van der Waals surface area contributed by atoms with Crippen molar-refractivity contribution in [3.05, 3.63) is 29.3 Å². The molecular weight excluding hydrogens is 258 g/mol. The van der Waals surface area contributed by atoms with E-state index in [1.807, 2.05) is 26.0 Å². The van der Waals surface area contributed by atoms with Crippen molar-refractivity contribution in [2.24, 2.45) is 0 Å². The van der Waals surface area contributed by atoms with Crippen molar-refractivity contribution in [2.45, 2.75) is 26.8 Å². The Bertz CT molecular complexity index is 473. The van der Waals surface area contributed by atoms with Gasteiger partial charge in [0.05, 0.1) is 18.2 Å². The Morgan fingerprint density at radius 3 is 2.75 bits per heavy atom. The number of ether oxygens (including phenoxy) is 2. The summed E-state index contributed by atoms with van der Waals surface area (Å²) >= 11 is 0. The largest absolute Gasteiger partial charge is 0.491 e. The standard InChI is InChI=1S/C15H21NO4/c1-5-19-15(18)16(4)12(3)10-20-14-8-6-7-11(2)13(14)9-17/h6-9,12H,5,10H2,1-4H3. The fraction of sp³-hybridized carbons (Fsp3) is 0.467. The Morgan fingerprint density at radius 2 is 2.15 bits per heavy atom. The Hall–Kier alpha value is -2.04. The van der Waals surface area contributed by atoms with Crippen LogP contribution >= 0.6 is 0 Å². The average molecular weight is 279 g/mol. The Morgan fingerprint density at radius 1 is 1.45 bits per heavy atom. The number of carbonyl (C=O) groups excluding carboxylic acids is 2. The van der Waals surface area contributed by atoms with Crippen LogP contribution in [0.1, 0.15) is 29.8 Å². The summed E-state index contributed by atoms with van der Waals surface area (Å²) in [5, 5.41) is 0. The lowest BCUT2D eigenvalue weighted by Gasteiger charge is -2.24. The number of carbonyl (C=O) groups is 2. The molecule has 1 aromatic carbocycles. The molecule has 0 aliphatic heterocycles. The summed E-state index contributed by atoms with van der Waals surface area (Å²) in [5.41, 5.74) is 1.40. The number of amides is 1. The van der Waals surface area contributed by atoms with Crippen molar-refractivity contribution in [3.63, 3.8) is 0 Å². The quantitative estimate of drug-likeness (QED) is 0.751. The van der Waals surface area contributed by atoms with Crippen LogP contribution in [0, 0.1) is 6.92 Å². The SMILES string of the molecule is CCOC(=O)N(C)C(C)COc1cccc(C)c1C=O. The number of aryl methyl sites for hydroxylation is 1. The summed E-state index contributed by atoms with van der Waals surface area (Å²) in [7, 11) is 1.66. The molecule has 20 heavy (non-hydrogen) atoms. The van der Waals surface area contributed by atoms with Gasteiger partial charge in [-0.2, -0.15) is 0 Å². The van der Waals surface area contributed by atoms with E-state index in [1.165, 1.54) is 4.90 Å². The summed E-state index contributed by atoms with van der Waals surface area (Å²) in [5.74, 6) is 0.532. The highest BCUT2D eigenvalue weighted by atomic mass is 16.6. The first-order valence-corrected chi connectivity index (χ1v) is 6.58. The van der Waals surface area contributed by atoms with E-state index >= 15 is 0 Å². The van der Waals surface area contributed by atoms with E-state index in [0.29, 0.717) is 24.5 Å². The first-order valence-electron chi connectivity index (χ1n) is 6.58. The van der Waals surface area contributed by atoms with Crippen molar-refractivity contribution >= 4 is 12.4 Å². The van der Waals surface area contributed by atoms with Crippen molar-refractivity contribution in [1.82, 2.24) is 4.90 Å². The van der Waals surface area contributed by atoms with Gasteiger partial charge >= 0.3 is 6.09 Å². The first kappa shape index (κ1) is 16.0. The molecule has 110 valence electrons. The maximum absolute atomic E-state index is 11.6. The lowest BCUT2D eigenvalue weighted by Crippen LogP contribution is -2.39. The van der Waals surface area contributed by atoms with E-state index in [0.717, 1.165) is 11.8 Å². The number of likely N-dealkylation sites (N-methyl/N-ethyl adjacent to an activating group) is 1. The van der Waals surface area contributed by atoms with E-state index < -0.39 is 0 Å². The van der Waals surface area contributed by atoms with Gasteiger partial charge in [0.1, 0.15) is 12.4 Å². The molecule has 0 bridgehead atoms. The van der Waals surface area contributed by atoms with Crippen LogP contribution in [0.2, 0.25) is 0 Å². The minimum atomic E-state index is -0.386. The lowest BCUT2D eigenvalue weighted by molar-refractivity contribution is 0.0920. The molecule has 1 aromatic rings. The van der Waals surface area contributed by atoms with Gasteiger partial charge in [0.2, 0.25) is 0 Å². The number of aldehydes is 1. The maximum Gasteiger partial charge on any atom is 0.409 e. The van der Waals surface area contributed by atoms with Crippen LogP contribution < -0.4 is 4.74 Å². The molecule has 0 heterocycles. The van der Waals surface area contributed by atoms with Crippen molar-refractivity contribution in [1.29, 1.82) is 0 Å². The predicted molar refractivity (Wildman–Crippen MR) is 76.3 cm³/mol. The third kappa shape index (κ3) is 3.98. The van der Waals surface area contributed by atoms with Gasteiger partial charge in [-0.1, -0.05) is 12.1 Å². The number of benzene rings is 1. The average Bonchev–Trinajstić information content (AvgIpc) is 2.44. The number of rotatable bonds is 6. The molecule has 0 aromatic heterocycles. The van der Waals surface area contributed by atoms with Crippen LogP contribution in [0.5, 0.6) is 5.75 Å². The molecule has 0 N–H and O–H groups in total. The Balaban J connectivity index is 2.65. The minimum absolute atomic E-state index is 0.158. The molecule has 0 saturated heterocycles.